The molecule has 1 amide bonds. The van der Waals surface area contributed by atoms with Crippen molar-refractivity contribution >= 4 is 22.9 Å². The van der Waals surface area contributed by atoms with Crippen molar-refractivity contribution < 1.29 is 9.53 Å². The van der Waals surface area contributed by atoms with Crippen molar-refractivity contribution in [1.29, 1.82) is 0 Å². The molecule has 0 aliphatic heterocycles. The van der Waals surface area contributed by atoms with E-state index >= 15 is 0 Å². The molecule has 6 nitrogen and oxygen atoms in total. The average Bonchev–Trinajstić information content (AvgIpc) is 2.90. The molecule has 0 radical (unpaired) electrons. The molecule has 0 atom stereocenters. The van der Waals surface area contributed by atoms with Gasteiger partial charge >= 0.3 is 0 Å². The van der Waals surface area contributed by atoms with Gasteiger partial charge in [-0.2, -0.15) is 0 Å². The summed E-state index contributed by atoms with van der Waals surface area (Å²) >= 11 is 1.36. The maximum atomic E-state index is 11.9. The predicted octanol–water partition coefficient (Wildman–Crippen LogP) is 1.65. The number of nitrogens with one attached hydrogen (secondary N) is 1. The highest BCUT2D eigenvalue weighted by molar-refractivity contribution is 7.09. The number of ether oxygens (including phenoxy) is 1. The van der Waals surface area contributed by atoms with E-state index in [1.165, 1.54) is 11.3 Å². The van der Waals surface area contributed by atoms with Crippen molar-refractivity contribution in [2.75, 3.05) is 11.9 Å². The highest BCUT2D eigenvalue weighted by Gasteiger charge is 2.10. The van der Waals surface area contributed by atoms with Gasteiger partial charge in [-0.25, -0.2) is 9.97 Å². The Balaban J connectivity index is 2.01. The molecule has 0 saturated heterocycles. The van der Waals surface area contributed by atoms with Gasteiger partial charge in [-0.15, -0.1) is 11.3 Å². The van der Waals surface area contributed by atoms with Crippen LogP contribution in [0.15, 0.2) is 23.7 Å². The maximum absolute atomic E-state index is 11.9. The van der Waals surface area contributed by atoms with Crippen LogP contribution in [-0.4, -0.2) is 22.5 Å². The summed E-state index contributed by atoms with van der Waals surface area (Å²) in [4.78, 5) is 20.1. The number of pyridine rings is 1. The van der Waals surface area contributed by atoms with E-state index in [9.17, 15) is 4.79 Å². The van der Waals surface area contributed by atoms with Crippen molar-refractivity contribution in [2.24, 2.45) is 5.73 Å². The molecule has 2 heterocycles. The minimum atomic E-state index is -0.276. The molecule has 0 spiro atoms. The number of carbonyl (C=O) groups is 1. The molecule has 7 heteroatoms. The van der Waals surface area contributed by atoms with Gasteiger partial charge in [-0.3, -0.25) is 4.79 Å². The lowest BCUT2D eigenvalue weighted by molar-refractivity contribution is 0.102. The third-order valence-electron chi connectivity index (χ3n) is 2.25. The summed E-state index contributed by atoms with van der Waals surface area (Å²) < 4.78 is 5.22. The van der Waals surface area contributed by atoms with Crippen LogP contribution in [0.4, 0.5) is 5.69 Å². The first-order chi connectivity index (χ1) is 9.22. The molecule has 0 unspecified atom stereocenters. The van der Waals surface area contributed by atoms with Crippen LogP contribution in [0.3, 0.4) is 0 Å². The Kier molecular flexibility index (Phi) is 4.43. The van der Waals surface area contributed by atoms with Gasteiger partial charge < -0.3 is 15.8 Å². The first-order valence-electron chi connectivity index (χ1n) is 5.77. The molecule has 2 aromatic heterocycles. The number of hydrogen-bond acceptors (Lipinski definition) is 6. The second-order valence-electron chi connectivity index (χ2n) is 3.60. The summed E-state index contributed by atoms with van der Waals surface area (Å²) in [6, 6.07) is 3.43. The lowest BCUT2D eigenvalue weighted by atomic mass is 10.4. The summed E-state index contributed by atoms with van der Waals surface area (Å²) in [6.45, 7) is 2.77. The minimum Gasteiger partial charge on any atom is -0.478 e. The lowest BCUT2D eigenvalue weighted by Crippen LogP contribution is -2.13. The summed E-state index contributed by atoms with van der Waals surface area (Å²) in [5, 5.41) is 5.12. The standard InChI is InChI=1S/C12H14N4O2S/c1-2-18-10-4-3-8(6-14-10)15-12(17)9-7-19-11(5-13)16-9/h3-4,6-7H,2,5,13H2,1H3,(H,15,17). The van der Waals surface area contributed by atoms with E-state index in [4.69, 9.17) is 10.5 Å². The number of thiazole rings is 1. The van der Waals surface area contributed by atoms with Gasteiger partial charge in [0.05, 0.1) is 18.5 Å². The number of nitrogens with zero attached hydrogens (tertiary/aromatic N) is 2. The Morgan fingerprint density at radius 2 is 2.37 bits per heavy atom. The molecule has 0 aliphatic carbocycles. The molecule has 3 N–H and O–H groups in total. The minimum absolute atomic E-state index is 0.276. The Bertz CT molecular complexity index is 553. The summed E-state index contributed by atoms with van der Waals surface area (Å²) in [5.74, 6) is 0.251. The second kappa shape index (κ2) is 6.26. The molecule has 0 bridgehead atoms. The van der Waals surface area contributed by atoms with Crippen LogP contribution < -0.4 is 15.8 Å². The second-order valence-corrected chi connectivity index (χ2v) is 4.55. The molecule has 2 aromatic rings. The van der Waals surface area contributed by atoms with E-state index in [1.54, 1.807) is 23.7 Å². The molecule has 0 fully saturated rings. The van der Waals surface area contributed by atoms with E-state index in [0.717, 1.165) is 5.01 Å². The van der Waals surface area contributed by atoms with Gasteiger partial charge in [0, 0.05) is 18.0 Å². The Morgan fingerprint density at radius 1 is 1.53 bits per heavy atom. The van der Waals surface area contributed by atoms with Crippen LogP contribution in [0, 0.1) is 0 Å². The molecule has 100 valence electrons. The molecule has 0 aromatic carbocycles. The number of hydrogen-bond donors (Lipinski definition) is 2. The van der Waals surface area contributed by atoms with E-state index < -0.39 is 0 Å². The first-order valence-corrected chi connectivity index (χ1v) is 6.65. The van der Waals surface area contributed by atoms with Crippen LogP contribution in [0.1, 0.15) is 22.4 Å². The summed E-state index contributed by atoms with van der Waals surface area (Å²) in [5.41, 5.74) is 6.41. The van der Waals surface area contributed by atoms with Crippen molar-refractivity contribution in [3.05, 3.63) is 34.4 Å². The van der Waals surface area contributed by atoms with Crippen molar-refractivity contribution in [1.82, 2.24) is 9.97 Å². The van der Waals surface area contributed by atoms with Crippen LogP contribution in [-0.2, 0) is 6.54 Å². The fraction of sp³-hybridized carbons (Fsp3) is 0.250. The van der Waals surface area contributed by atoms with Gasteiger partial charge in [0.15, 0.2) is 0 Å². The van der Waals surface area contributed by atoms with Crippen molar-refractivity contribution in [3.8, 4) is 5.88 Å². The van der Waals surface area contributed by atoms with Crippen LogP contribution in [0.2, 0.25) is 0 Å². The summed E-state index contributed by atoms with van der Waals surface area (Å²) in [6.07, 6.45) is 1.54. The zero-order valence-electron chi connectivity index (χ0n) is 10.4. The maximum Gasteiger partial charge on any atom is 0.275 e. The zero-order chi connectivity index (χ0) is 13.7. The van der Waals surface area contributed by atoms with Crippen LogP contribution in [0.5, 0.6) is 5.88 Å². The van der Waals surface area contributed by atoms with Crippen LogP contribution in [0.25, 0.3) is 0 Å². The van der Waals surface area contributed by atoms with Gasteiger partial charge in [0.2, 0.25) is 5.88 Å². The third-order valence-corrected chi connectivity index (χ3v) is 3.12. The van der Waals surface area contributed by atoms with E-state index in [0.29, 0.717) is 30.4 Å². The highest BCUT2D eigenvalue weighted by Crippen LogP contribution is 2.14. The highest BCUT2D eigenvalue weighted by atomic mass is 32.1. The predicted molar refractivity (Wildman–Crippen MR) is 73.4 cm³/mol. The molecule has 0 saturated carbocycles. The molecule has 19 heavy (non-hydrogen) atoms. The van der Waals surface area contributed by atoms with Crippen molar-refractivity contribution in [3.63, 3.8) is 0 Å². The van der Waals surface area contributed by atoms with Crippen molar-refractivity contribution in [2.45, 2.75) is 13.5 Å². The third kappa shape index (κ3) is 3.49. The smallest absolute Gasteiger partial charge is 0.275 e. The summed E-state index contributed by atoms with van der Waals surface area (Å²) in [7, 11) is 0. The largest absolute Gasteiger partial charge is 0.478 e. The number of amides is 1. The van der Waals surface area contributed by atoms with E-state index in [-0.39, 0.29) is 5.91 Å². The van der Waals surface area contributed by atoms with Gasteiger partial charge in [-0.05, 0) is 13.0 Å². The number of carbonyl (C=O) groups excluding carboxylic acids is 1. The normalized spacial score (nSPS) is 10.2. The van der Waals surface area contributed by atoms with E-state index in [1.807, 2.05) is 6.92 Å². The number of aromatic nitrogens is 2. The van der Waals surface area contributed by atoms with Gasteiger partial charge in [0.25, 0.3) is 5.91 Å². The number of anilines is 1. The SMILES string of the molecule is CCOc1ccc(NC(=O)c2csc(CN)n2)cn1. The number of nitrogens with two attached hydrogens (primary N) is 1. The Hall–Kier alpha value is -1.99. The Morgan fingerprint density at radius 3 is 2.95 bits per heavy atom. The fourth-order valence-corrected chi connectivity index (χ4v) is 2.05. The lowest BCUT2D eigenvalue weighted by Gasteiger charge is -2.04. The Labute approximate surface area is 114 Å². The zero-order valence-corrected chi connectivity index (χ0v) is 11.2. The number of rotatable bonds is 5. The van der Waals surface area contributed by atoms with Crippen LogP contribution >= 0.6 is 11.3 Å². The fourth-order valence-electron chi connectivity index (χ4n) is 1.39. The van der Waals surface area contributed by atoms with Gasteiger partial charge in [-0.1, -0.05) is 0 Å². The molecule has 0 aliphatic rings. The average molecular weight is 278 g/mol. The monoisotopic (exact) mass is 278 g/mol. The molecular weight excluding hydrogens is 264 g/mol. The molecular formula is C12H14N4O2S. The van der Waals surface area contributed by atoms with Gasteiger partial charge in [0.1, 0.15) is 10.7 Å². The quantitative estimate of drug-likeness (QED) is 0.868. The molecule has 2 rings (SSSR count). The first kappa shape index (κ1) is 13.4. The van der Waals surface area contributed by atoms with E-state index in [2.05, 4.69) is 15.3 Å². The topological polar surface area (TPSA) is 90.1 Å².